The van der Waals surface area contributed by atoms with Gasteiger partial charge in [-0.3, -0.25) is 0 Å². The van der Waals surface area contributed by atoms with Gasteiger partial charge in [0.05, 0.1) is 0 Å². The molecular formula is C9H13N3. The van der Waals surface area contributed by atoms with Crippen LogP contribution in [0.5, 0.6) is 0 Å². The predicted molar refractivity (Wildman–Crippen MR) is 48.5 cm³/mol. The summed E-state index contributed by atoms with van der Waals surface area (Å²) in [4.78, 5) is 4.02. The molecule has 1 heterocycles. The van der Waals surface area contributed by atoms with Crippen molar-refractivity contribution in [3.63, 3.8) is 0 Å². The van der Waals surface area contributed by atoms with Crippen LogP contribution < -0.4 is 11.5 Å². The summed E-state index contributed by atoms with van der Waals surface area (Å²) in [7, 11) is 0. The summed E-state index contributed by atoms with van der Waals surface area (Å²) in [6, 6.07) is 2.04. The highest BCUT2D eigenvalue weighted by atomic mass is 14.8. The van der Waals surface area contributed by atoms with Crippen molar-refractivity contribution in [1.29, 1.82) is 0 Å². The monoisotopic (exact) mass is 163 g/mol. The van der Waals surface area contributed by atoms with Crippen LogP contribution in [-0.2, 0) is 6.54 Å². The van der Waals surface area contributed by atoms with E-state index in [1.807, 2.05) is 6.07 Å². The molecular weight excluding hydrogens is 150 g/mol. The lowest BCUT2D eigenvalue weighted by Crippen LogP contribution is -2.06. The van der Waals surface area contributed by atoms with Gasteiger partial charge < -0.3 is 11.5 Å². The Bertz CT molecular complexity index is 292. The van der Waals surface area contributed by atoms with Crippen molar-refractivity contribution in [2.24, 2.45) is 5.73 Å². The zero-order valence-electron chi connectivity index (χ0n) is 6.96. The first kappa shape index (κ1) is 7.55. The molecule has 3 nitrogen and oxygen atoms in total. The summed E-state index contributed by atoms with van der Waals surface area (Å²) in [5, 5.41) is 0. The highest BCUT2D eigenvalue weighted by Crippen LogP contribution is 2.42. The van der Waals surface area contributed by atoms with E-state index in [2.05, 4.69) is 4.98 Å². The van der Waals surface area contributed by atoms with Gasteiger partial charge in [0.2, 0.25) is 0 Å². The second-order valence-electron chi connectivity index (χ2n) is 3.24. The Morgan fingerprint density at radius 2 is 2.25 bits per heavy atom. The van der Waals surface area contributed by atoms with Gasteiger partial charge in [0.1, 0.15) is 5.82 Å². The molecule has 0 aliphatic heterocycles. The minimum atomic E-state index is 0.505. The predicted octanol–water partition coefficient (Wildman–Crippen LogP) is 1.000. The van der Waals surface area contributed by atoms with Crippen molar-refractivity contribution in [3.05, 3.63) is 23.4 Å². The summed E-state index contributed by atoms with van der Waals surface area (Å²) in [5.41, 5.74) is 13.7. The van der Waals surface area contributed by atoms with Gasteiger partial charge in [-0.1, -0.05) is 0 Å². The van der Waals surface area contributed by atoms with Crippen LogP contribution in [0.3, 0.4) is 0 Å². The van der Waals surface area contributed by atoms with E-state index >= 15 is 0 Å². The van der Waals surface area contributed by atoms with Crippen molar-refractivity contribution in [1.82, 2.24) is 4.98 Å². The Hall–Kier alpha value is -1.09. The van der Waals surface area contributed by atoms with Gasteiger partial charge in [-0.05, 0) is 30.4 Å². The molecule has 0 unspecified atom stereocenters. The van der Waals surface area contributed by atoms with Gasteiger partial charge in [0, 0.05) is 18.3 Å². The van der Waals surface area contributed by atoms with E-state index in [9.17, 15) is 0 Å². The molecule has 2 rings (SSSR count). The van der Waals surface area contributed by atoms with E-state index in [1.165, 1.54) is 18.4 Å². The highest BCUT2D eigenvalue weighted by Gasteiger charge is 2.26. The molecule has 1 saturated carbocycles. The molecule has 0 radical (unpaired) electrons. The van der Waals surface area contributed by atoms with Crippen molar-refractivity contribution in [2.75, 3.05) is 5.73 Å². The fourth-order valence-corrected chi connectivity index (χ4v) is 1.52. The normalized spacial score (nSPS) is 16.4. The maximum Gasteiger partial charge on any atom is 0.128 e. The Balaban J connectivity index is 2.43. The minimum Gasteiger partial charge on any atom is -0.383 e. The molecule has 0 aromatic carbocycles. The Morgan fingerprint density at radius 1 is 1.50 bits per heavy atom. The molecule has 1 fully saturated rings. The first-order valence-corrected chi connectivity index (χ1v) is 4.26. The van der Waals surface area contributed by atoms with Gasteiger partial charge >= 0.3 is 0 Å². The minimum absolute atomic E-state index is 0.505. The third-order valence-corrected chi connectivity index (χ3v) is 2.35. The highest BCUT2D eigenvalue weighted by molar-refractivity contribution is 5.46. The molecule has 64 valence electrons. The largest absolute Gasteiger partial charge is 0.383 e. The zero-order chi connectivity index (χ0) is 8.55. The average molecular weight is 163 g/mol. The lowest BCUT2D eigenvalue weighted by molar-refractivity contribution is 0.982. The lowest BCUT2D eigenvalue weighted by Gasteiger charge is -2.07. The smallest absolute Gasteiger partial charge is 0.128 e. The van der Waals surface area contributed by atoms with Crippen LogP contribution in [0.15, 0.2) is 12.3 Å². The van der Waals surface area contributed by atoms with Crippen LogP contribution in [0.4, 0.5) is 5.82 Å². The molecule has 1 aliphatic rings. The molecule has 1 aromatic rings. The van der Waals surface area contributed by atoms with Crippen LogP contribution in [0, 0.1) is 0 Å². The van der Waals surface area contributed by atoms with E-state index in [-0.39, 0.29) is 0 Å². The van der Waals surface area contributed by atoms with Gasteiger partial charge in [-0.25, -0.2) is 4.98 Å². The summed E-state index contributed by atoms with van der Waals surface area (Å²) in [6.07, 6.45) is 4.31. The number of hydrogen-bond acceptors (Lipinski definition) is 3. The second-order valence-corrected chi connectivity index (χ2v) is 3.24. The number of rotatable bonds is 2. The Kier molecular flexibility index (Phi) is 1.73. The number of aromatic nitrogens is 1. The van der Waals surface area contributed by atoms with Crippen LogP contribution in [-0.4, -0.2) is 4.98 Å². The molecule has 1 aliphatic carbocycles. The van der Waals surface area contributed by atoms with Gasteiger partial charge in [0.25, 0.3) is 0 Å². The Labute approximate surface area is 71.8 Å². The maximum absolute atomic E-state index is 5.71. The third kappa shape index (κ3) is 1.16. The van der Waals surface area contributed by atoms with E-state index < -0.39 is 0 Å². The van der Waals surface area contributed by atoms with Crippen LogP contribution in [0.25, 0.3) is 0 Å². The number of nitrogens with zero attached hydrogens (tertiary/aromatic N) is 1. The van der Waals surface area contributed by atoms with Crippen LogP contribution in [0.1, 0.15) is 29.9 Å². The van der Waals surface area contributed by atoms with Crippen LogP contribution in [0.2, 0.25) is 0 Å². The summed E-state index contributed by atoms with van der Waals surface area (Å²) in [6.45, 7) is 0.505. The molecule has 0 saturated heterocycles. The fourth-order valence-electron chi connectivity index (χ4n) is 1.52. The van der Waals surface area contributed by atoms with E-state index in [1.54, 1.807) is 6.20 Å². The SMILES string of the molecule is NCc1c(C2CC2)ccnc1N. The van der Waals surface area contributed by atoms with Gasteiger partial charge in [0.15, 0.2) is 0 Å². The molecule has 12 heavy (non-hydrogen) atoms. The number of nitrogen functional groups attached to an aromatic ring is 1. The van der Waals surface area contributed by atoms with E-state index in [0.29, 0.717) is 18.3 Å². The average Bonchev–Trinajstić information content (AvgIpc) is 2.86. The Morgan fingerprint density at radius 3 is 2.83 bits per heavy atom. The molecule has 3 heteroatoms. The molecule has 0 spiro atoms. The molecule has 0 atom stereocenters. The first-order valence-electron chi connectivity index (χ1n) is 4.26. The number of pyridine rings is 1. The topological polar surface area (TPSA) is 64.9 Å². The molecule has 4 N–H and O–H groups in total. The molecule has 0 bridgehead atoms. The number of nitrogens with two attached hydrogens (primary N) is 2. The third-order valence-electron chi connectivity index (χ3n) is 2.35. The number of anilines is 1. The van der Waals surface area contributed by atoms with Gasteiger partial charge in [-0.15, -0.1) is 0 Å². The fraction of sp³-hybridized carbons (Fsp3) is 0.444. The van der Waals surface area contributed by atoms with Crippen molar-refractivity contribution in [3.8, 4) is 0 Å². The number of hydrogen-bond donors (Lipinski definition) is 2. The van der Waals surface area contributed by atoms with Crippen LogP contribution >= 0.6 is 0 Å². The molecule has 0 amide bonds. The summed E-state index contributed by atoms with van der Waals surface area (Å²) < 4.78 is 0. The summed E-state index contributed by atoms with van der Waals surface area (Å²) in [5.74, 6) is 1.30. The second kappa shape index (κ2) is 2.75. The van der Waals surface area contributed by atoms with Crippen molar-refractivity contribution < 1.29 is 0 Å². The molecule has 1 aromatic heterocycles. The standard InChI is InChI=1S/C9H13N3/c10-5-8-7(6-1-2-6)3-4-12-9(8)11/h3-4,6H,1-2,5,10H2,(H2,11,12). The summed E-state index contributed by atoms with van der Waals surface area (Å²) >= 11 is 0. The van der Waals surface area contributed by atoms with Crippen molar-refractivity contribution in [2.45, 2.75) is 25.3 Å². The van der Waals surface area contributed by atoms with Crippen molar-refractivity contribution >= 4 is 5.82 Å². The van der Waals surface area contributed by atoms with E-state index in [0.717, 1.165) is 5.56 Å². The quantitative estimate of drug-likeness (QED) is 0.683. The van der Waals surface area contributed by atoms with Gasteiger partial charge in [-0.2, -0.15) is 0 Å². The first-order chi connectivity index (χ1) is 5.83. The lowest BCUT2D eigenvalue weighted by atomic mass is 10.1. The van der Waals surface area contributed by atoms with E-state index in [4.69, 9.17) is 11.5 Å². The zero-order valence-corrected chi connectivity index (χ0v) is 6.96. The maximum atomic E-state index is 5.71.